The average Bonchev–Trinajstić information content (AvgIpc) is 2.05. The van der Waals surface area contributed by atoms with E-state index >= 15 is 0 Å². The fraction of sp³-hybridized carbons (Fsp3) is 0.250. The van der Waals surface area contributed by atoms with E-state index in [-0.39, 0.29) is 6.10 Å². The summed E-state index contributed by atoms with van der Waals surface area (Å²) < 4.78 is 0. The minimum atomic E-state index is -0.263. The minimum absolute atomic E-state index is 0.263. The summed E-state index contributed by atoms with van der Waals surface area (Å²) in [4.78, 5) is 0. The molecule has 1 rings (SSSR count). The Kier molecular flexibility index (Phi) is 2.98. The predicted molar refractivity (Wildman–Crippen MR) is 44.8 cm³/mol. The van der Waals surface area contributed by atoms with Gasteiger partial charge in [-0.1, -0.05) is 0 Å². The Morgan fingerprint density at radius 3 is 2.40 bits per heavy atom. The molecule has 1 N–H and O–H groups in total. The summed E-state index contributed by atoms with van der Waals surface area (Å²) >= 11 is 1.56. The van der Waals surface area contributed by atoms with Crippen molar-refractivity contribution in [3.63, 3.8) is 0 Å². The van der Waals surface area contributed by atoms with E-state index < -0.39 is 0 Å². The average molecular weight is 198 g/mol. The molecule has 0 heterocycles. The third-order valence-corrected chi connectivity index (χ3v) is 2.34. The van der Waals surface area contributed by atoms with Crippen molar-refractivity contribution in [3.8, 4) is 0 Å². The third-order valence-electron chi connectivity index (χ3n) is 1.41. The molecule has 0 aliphatic rings. The SMILES string of the molecule is O[C@H](C[AsH2])c1ccccc1. The fourth-order valence-corrected chi connectivity index (χ4v) is 1.38. The summed E-state index contributed by atoms with van der Waals surface area (Å²) in [5, 5.41) is 10.2. The van der Waals surface area contributed by atoms with Crippen LogP contribution in [0.4, 0.5) is 0 Å². The van der Waals surface area contributed by atoms with Crippen LogP contribution in [0.2, 0.25) is 5.21 Å². The molecule has 1 aromatic carbocycles. The van der Waals surface area contributed by atoms with Gasteiger partial charge in [0, 0.05) is 0 Å². The van der Waals surface area contributed by atoms with Gasteiger partial charge in [-0.25, -0.2) is 0 Å². The first-order valence-corrected chi connectivity index (χ1v) is 4.99. The number of hydrogen-bond donors (Lipinski definition) is 1. The van der Waals surface area contributed by atoms with E-state index in [0.717, 1.165) is 10.8 Å². The molecule has 0 amide bonds. The molecular weight excluding hydrogens is 187 g/mol. The van der Waals surface area contributed by atoms with Gasteiger partial charge in [0.1, 0.15) is 0 Å². The van der Waals surface area contributed by atoms with Crippen LogP contribution < -0.4 is 0 Å². The maximum absolute atomic E-state index is 9.34. The van der Waals surface area contributed by atoms with Gasteiger partial charge in [-0.3, -0.25) is 0 Å². The first kappa shape index (κ1) is 7.84. The zero-order valence-electron chi connectivity index (χ0n) is 5.70. The summed E-state index contributed by atoms with van der Waals surface area (Å²) in [6, 6.07) is 9.74. The monoisotopic (exact) mass is 198 g/mol. The van der Waals surface area contributed by atoms with Crippen LogP contribution in [0.5, 0.6) is 0 Å². The molecule has 0 aromatic heterocycles. The molecule has 2 atom stereocenters. The molecule has 0 bridgehead atoms. The van der Waals surface area contributed by atoms with Gasteiger partial charge >= 0.3 is 69.2 Å². The van der Waals surface area contributed by atoms with Gasteiger partial charge in [0.25, 0.3) is 0 Å². The molecule has 0 saturated carbocycles. The van der Waals surface area contributed by atoms with Crippen molar-refractivity contribution < 1.29 is 5.11 Å². The number of aliphatic hydroxyl groups is 1. The second kappa shape index (κ2) is 3.80. The Morgan fingerprint density at radius 1 is 1.30 bits per heavy atom. The quantitative estimate of drug-likeness (QED) is 0.696. The molecule has 1 unspecified atom stereocenters. The summed E-state index contributed by atoms with van der Waals surface area (Å²) in [5.74, 6) is 0. The van der Waals surface area contributed by atoms with Crippen LogP contribution in [-0.2, 0) is 0 Å². The van der Waals surface area contributed by atoms with Crippen molar-refractivity contribution in [2.24, 2.45) is 0 Å². The van der Waals surface area contributed by atoms with Crippen molar-refractivity contribution in [2.45, 2.75) is 11.3 Å². The van der Waals surface area contributed by atoms with Crippen LogP contribution in [0.25, 0.3) is 0 Å². The molecule has 0 spiro atoms. The Balaban J connectivity index is 2.75. The first-order valence-electron chi connectivity index (χ1n) is 3.27. The van der Waals surface area contributed by atoms with Crippen LogP contribution in [0.3, 0.4) is 0 Å². The molecule has 1 nitrogen and oxygen atoms in total. The fourth-order valence-electron chi connectivity index (χ4n) is 0.811. The van der Waals surface area contributed by atoms with E-state index in [4.69, 9.17) is 0 Å². The number of aliphatic hydroxyl groups excluding tert-OH is 1. The van der Waals surface area contributed by atoms with Gasteiger partial charge in [-0.05, 0) is 0 Å². The third kappa shape index (κ3) is 1.86. The molecule has 0 radical (unpaired) electrons. The number of hydrogen-bond acceptors (Lipinski definition) is 1. The van der Waals surface area contributed by atoms with Crippen LogP contribution in [0.1, 0.15) is 11.7 Å². The van der Waals surface area contributed by atoms with Gasteiger partial charge in [0.05, 0.1) is 0 Å². The Labute approximate surface area is 69.6 Å². The van der Waals surface area contributed by atoms with Crippen LogP contribution in [0.15, 0.2) is 30.3 Å². The van der Waals surface area contributed by atoms with E-state index in [1.165, 1.54) is 0 Å². The van der Waals surface area contributed by atoms with E-state index in [2.05, 4.69) is 0 Å². The standard InChI is InChI=1S/C8H11AsO/c9-6-8(10)7-4-2-1-3-5-7/h1-5,8,10H,6,9H2/t8-/m1/s1. The summed E-state index contributed by atoms with van der Waals surface area (Å²) in [5.41, 5.74) is 1.02. The maximum atomic E-state index is 9.34. The molecule has 0 aliphatic heterocycles. The van der Waals surface area contributed by atoms with Crippen LogP contribution >= 0.6 is 0 Å². The van der Waals surface area contributed by atoms with Gasteiger partial charge in [0.15, 0.2) is 0 Å². The predicted octanol–water partition coefficient (Wildman–Crippen LogP) is 0.771. The van der Waals surface area contributed by atoms with E-state index in [9.17, 15) is 5.11 Å². The van der Waals surface area contributed by atoms with Gasteiger partial charge in [-0.15, -0.1) is 0 Å². The van der Waals surface area contributed by atoms with Gasteiger partial charge in [-0.2, -0.15) is 0 Å². The molecule has 0 fully saturated rings. The number of rotatable bonds is 2. The summed E-state index contributed by atoms with van der Waals surface area (Å²) in [7, 11) is 0. The van der Waals surface area contributed by atoms with E-state index in [1.54, 1.807) is 16.9 Å². The van der Waals surface area contributed by atoms with Crippen molar-refractivity contribution in [2.75, 3.05) is 0 Å². The van der Waals surface area contributed by atoms with Gasteiger partial charge in [0.2, 0.25) is 0 Å². The summed E-state index contributed by atoms with van der Waals surface area (Å²) in [6.07, 6.45) is -0.263. The second-order valence-corrected chi connectivity index (χ2v) is 3.15. The molecule has 0 saturated heterocycles. The van der Waals surface area contributed by atoms with Crippen molar-refractivity contribution in [3.05, 3.63) is 35.9 Å². The molecule has 0 aliphatic carbocycles. The van der Waals surface area contributed by atoms with E-state index in [0.29, 0.717) is 0 Å². The molecular formula is C8H11AsO. The Hall–Kier alpha value is -0.262. The van der Waals surface area contributed by atoms with Crippen molar-refractivity contribution in [1.82, 2.24) is 0 Å². The first-order chi connectivity index (χ1) is 4.84. The Morgan fingerprint density at radius 2 is 1.90 bits per heavy atom. The second-order valence-electron chi connectivity index (χ2n) is 2.16. The summed E-state index contributed by atoms with van der Waals surface area (Å²) in [6.45, 7) is 0. The van der Waals surface area contributed by atoms with Crippen molar-refractivity contribution >= 4 is 16.9 Å². The molecule has 10 heavy (non-hydrogen) atoms. The molecule has 1 aromatic rings. The molecule has 54 valence electrons. The van der Waals surface area contributed by atoms with E-state index in [1.807, 2.05) is 30.3 Å². The zero-order chi connectivity index (χ0) is 7.40. The zero-order valence-corrected chi connectivity index (χ0v) is 8.12. The van der Waals surface area contributed by atoms with Crippen LogP contribution in [0, 0.1) is 0 Å². The number of benzene rings is 1. The normalized spacial score (nSPS) is 13.0. The molecule has 2 heteroatoms. The Bertz CT molecular complexity index is 186. The van der Waals surface area contributed by atoms with Crippen molar-refractivity contribution in [1.29, 1.82) is 0 Å². The topological polar surface area (TPSA) is 20.2 Å². The van der Waals surface area contributed by atoms with Gasteiger partial charge < -0.3 is 0 Å². The van der Waals surface area contributed by atoms with Crippen LogP contribution in [-0.4, -0.2) is 22.0 Å².